The van der Waals surface area contributed by atoms with Gasteiger partial charge in [-0.15, -0.1) is 0 Å². The third-order valence-electron chi connectivity index (χ3n) is 4.12. The van der Waals surface area contributed by atoms with Gasteiger partial charge in [-0.3, -0.25) is 9.10 Å². The molecule has 28 heavy (non-hydrogen) atoms. The van der Waals surface area contributed by atoms with Gasteiger partial charge < -0.3 is 14.8 Å². The topological polar surface area (TPSA) is 84.9 Å². The van der Waals surface area contributed by atoms with Crippen molar-refractivity contribution < 1.29 is 22.7 Å². The van der Waals surface area contributed by atoms with Crippen molar-refractivity contribution in [1.29, 1.82) is 0 Å². The Labute approximate surface area is 166 Å². The summed E-state index contributed by atoms with van der Waals surface area (Å²) in [6.45, 7) is 4.17. The first-order valence-electron chi connectivity index (χ1n) is 8.89. The van der Waals surface area contributed by atoms with Crippen LogP contribution in [0.4, 0.5) is 5.69 Å². The minimum absolute atomic E-state index is 0.231. The molecule has 1 amide bonds. The fraction of sp³-hybridized carbons (Fsp3) is 0.350. The van der Waals surface area contributed by atoms with E-state index in [0.717, 1.165) is 16.1 Å². The molecular weight excluding hydrogens is 380 g/mol. The van der Waals surface area contributed by atoms with Crippen molar-refractivity contribution in [2.24, 2.45) is 0 Å². The molecule has 0 spiro atoms. The van der Waals surface area contributed by atoms with Gasteiger partial charge in [0.05, 0.1) is 25.7 Å². The highest BCUT2D eigenvalue weighted by atomic mass is 32.2. The van der Waals surface area contributed by atoms with Crippen LogP contribution in [-0.2, 0) is 21.4 Å². The summed E-state index contributed by atoms with van der Waals surface area (Å²) in [5, 5.41) is 2.79. The van der Waals surface area contributed by atoms with Crippen LogP contribution in [0, 0.1) is 0 Å². The second-order valence-corrected chi connectivity index (χ2v) is 8.05. The second-order valence-electron chi connectivity index (χ2n) is 6.19. The van der Waals surface area contributed by atoms with Gasteiger partial charge >= 0.3 is 0 Å². The Hall–Kier alpha value is -2.74. The number of hydrogen-bond donors (Lipinski definition) is 1. The van der Waals surface area contributed by atoms with Gasteiger partial charge in [-0.05, 0) is 32.0 Å². The van der Waals surface area contributed by atoms with E-state index in [2.05, 4.69) is 5.32 Å². The van der Waals surface area contributed by atoms with Gasteiger partial charge in [0.25, 0.3) is 0 Å². The van der Waals surface area contributed by atoms with Crippen molar-refractivity contribution in [2.75, 3.05) is 24.3 Å². The maximum atomic E-state index is 12.7. The largest absolute Gasteiger partial charge is 0.497 e. The third kappa shape index (κ3) is 5.39. The van der Waals surface area contributed by atoms with E-state index in [0.29, 0.717) is 23.8 Å². The van der Waals surface area contributed by atoms with E-state index in [-0.39, 0.29) is 6.54 Å². The fourth-order valence-corrected chi connectivity index (χ4v) is 4.00. The van der Waals surface area contributed by atoms with E-state index in [1.165, 1.54) is 7.11 Å². The van der Waals surface area contributed by atoms with Gasteiger partial charge in [0.1, 0.15) is 17.5 Å². The fourth-order valence-electron chi connectivity index (χ4n) is 2.83. The highest BCUT2D eigenvalue weighted by Gasteiger charge is 2.29. The smallest absolute Gasteiger partial charge is 0.243 e. The Morgan fingerprint density at radius 2 is 1.89 bits per heavy atom. The molecule has 0 heterocycles. The number of sulfonamides is 1. The number of rotatable bonds is 9. The number of carbonyl (C=O) groups is 1. The van der Waals surface area contributed by atoms with Crippen LogP contribution < -0.4 is 19.1 Å². The summed E-state index contributed by atoms with van der Waals surface area (Å²) in [4.78, 5) is 12.7. The lowest BCUT2D eigenvalue weighted by molar-refractivity contribution is -0.122. The summed E-state index contributed by atoms with van der Waals surface area (Å²) in [5.74, 6) is 0.773. The quantitative estimate of drug-likeness (QED) is 0.692. The maximum absolute atomic E-state index is 12.7. The van der Waals surface area contributed by atoms with Crippen molar-refractivity contribution in [1.82, 2.24) is 5.32 Å². The molecule has 0 fully saturated rings. The monoisotopic (exact) mass is 406 g/mol. The molecule has 0 aliphatic heterocycles. The average molecular weight is 407 g/mol. The zero-order valence-electron chi connectivity index (χ0n) is 16.5. The molecule has 8 heteroatoms. The highest BCUT2D eigenvalue weighted by Crippen LogP contribution is 2.25. The van der Waals surface area contributed by atoms with Crippen LogP contribution in [0.25, 0.3) is 0 Å². The predicted molar refractivity (Wildman–Crippen MR) is 109 cm³/mol. The third-order valence-corrected chi connectivity index (χ3v) is 5.36. The van der Waals surface area contributed by atoms with E-state index >= 15 is 0 Å². The molecule has 1 atom stereocenters. The van der Waals surface area contributed by atoms with Crippen LogP contribution in [0.15, 0.2) is 48.5 Å². The molecule has 0 unspecified atom stereocenters. The molecule has 0 aliphatic carbocycles. The van der Waals surface area contributed by atoms with Crippen molar-refractivity contribution in [3.8, 4) is 11.5 Å². The molecule has 1 N–H and O–H groups in total. The number of nitrogens with zero attached hydrogens (tertiary/aromatic N) is 1. The second kappa shape index (κ2) is 9.45. The number of hydrogen-bond acceptors (Lipinski definition) is 5. The Balaban J connectivity index is 2.20. The molecule has 0 bridgehead atoms. The zero-order chi connectivity index (χ0) is 20.7. The molecule has 0 aliphatic rings. The summed E-state index contributed by atoms with van der Waals surface area (Å²) < 4.78 is 36.6. The number of benzene rings is 2. The minimum atomic E-state index is -3.69. The van der Waals surface area contributed by atoms with Crippen molar-refractivity contribution in [3.05, 3.63) is 54.1 Å². The van der Waals surface area contributed by atoms with Gasteiger partial charge in [-0.1, -0.05) is 24.3 Å². The molecule has 0 saturated heterocycles. The number of amides is 1. The van der Waals surface area contributed by atoms with Crippen LogP contribution in [0.5, 0.6) is 11.5 Å². The van der Waals surface area contributed by atoms with Crippen molar-refractivity contribution in [3.63, 3.8) is 0 Å². The summed E-state index contributed by atoms with van der Waals surface area (Å²) in [6.07, 6.45) is 1.07. The zero-order valence-corrected chi connectivity index (χ0v) is 17.3. The maximum Gasteiger partial charge on any atom is 0.243 e. The van der Waals surface area contributed by atoms with Gasteiger partial charge in [0.15, 0.2) is 0 Å². The summed E-state index contributed by atoms with van der Waals surface area (Å²) in [7, 11) is -2.20. The minimum Gasteiger partial charge on any atom is -0.497 e. The Kier molecular flexibility index (Phi) is 7.28. The first-order chi connectivity index (χ1) is 13.3. The Bertz CT molecular complexity index is 914. The summed E-state index contributed by atoms with van der Waals surface area (Å²) in [5.41, 5.74) is 1.18. The van der Waals surface area contributed by atoms with E-state index in [1.54, 1.807) is 31.2 Å². The number of nitrogens with one attached hydrogen (secondary N) is 1. The normalized spacial score (nSPS) is 12.1. The number of methoxy groups -OCH3 is 1. The standard InChI is InChI=1S/C20H26N2O5S/c1-5-27-19-12-7-6-9-16(19)14-21-20(23)15(2)22(28(4,24)25)17-10-8-11-18(13-17)26-3/h6-13,15H,5,14H2,1-4H3,(H,21,23)/t15-/m0/s1. The number of anilines is 1. The van der Waals surface area contributed by atoms with Crippen LogP contribution in [0.1, 0.15) is 19.4 Å². The molecular formula is C20H26N2O5S. The van der Waals surface area contributed by atoms with Crippen LogP contribution in [0.3, 0.4) is 0 Å². The van der Waals surface area contributed by atoms with E-state index in [1.807, 2.05) is 31.2 Å². The van der Waals surface area contributed by atoms with Crippen LogP contribution in [-0.4, -0.2) is 40.3 Å². The molecule has 2 rings (SSSR count). The molecule has 0 radical (unpaired) electrons. The SMILES string of the molecule is CCOc1ccccc1CNC(=O)[C@H](C)N(c1cccc(OC)c1)S(C)(=O)=O. The Morgan fingerprint density at radius 3 is 2.54 bits per heavy atom. The highest BCUT2D eigenvalue weighted by molar-refractivity contribution is 7.92. The van der Waals surface area contributed by atoms with Crippen molar-refractivity contribution in [2.45, 2.75) is 26.4 Å². The van der Waals surface area contributed by atoms with Crippen LogP contribution in [0.2, 0.25) is 0 Å². The number of ether oxygens (including phenoxy) is 2. The molecule has 2 aromatic rings. The number of carbonyl (C=O) groups excluding carboxylic acids is 1. The van der Waals surface area contributed by atoms with E-state index < -0.39 is 22.0 Å². The first-order valence-corrected chi connectivity index (χ1v) is 10.7. The van der Waals surface area contributed by atoms with Gasteiger partial charge in [-0.2, -0.15) is 0 Å². The van der Waals surface area contributed by atoms with Gasteiger partial charge in [-0.25, -0.2) is 8.42 Å². The lowest BCUT2D eigenvalue weighted by Gasteiger charge is -2.28. The molecule has 0 aromatic heterocycles. The molecule has 2 aromatic carbocycles. The van der Waals surface area contributed by atoms with Crippen LogP contribution >= 0.6 is 0 Å². The summed E-state index contributed by atoms with van der Waals surface area (Å²) >= 11 is 0. The Morgan fingerprint density at radius 1 is 1.18 bits per heavy atom. The number of para-hydroxylation sites is 1. The van der Waals surface area contributed by atoms with E-state index in [9.17, 15) is 13.2 Å². The molecule has 0 saturated carbocycles. The van der Waals surface area contributed by atoms with Gasteiger partial charge in [0, 0.05) is 18.2 Å². The summed E-state index contributed by atoms with van der Waals surface area (Å²) in [6, 6.07) is 13.0. The van der Waals surface area contributed by atoms with E-state index in [4.69, 9.17) is 9.47 Å². The average Bonchev–Trinajstić information content (AvgIpc) is 2.66. The molecule has 7 nitrogen and oxygen atoms in total. The first kappa shape index (κ1) is 21.6. The lowest BCUT2D eigenvalue weighted by atomic mass is 10.2. The lowest BCUT2D eigenvalue weighted by Crippen LogP contribution is -2.47. The molecule has 152 valence electrons. The van der Waals surface area contributed by atoms with Gasteiger partial charge in [0.2, 0.25) is 15.9 Å². The predicted octanol–water partition coefficient (Wildman–Crippen LogP) is 2.56. The van der Waals surface area contributed by atoms with Crippen molar-refractivity contribution >= 4 is 21.6 Å².